The van der Waals surface area contributed by atoms with Crippen molar-refractivity contribution in [3.05, 3.63) is 0 Å². The van der Waals surface area contributed by atoms with Gasteiger partial charge < -0.3 is 0 Å². The van der Waals surface area contributed by atoms with Gasteiger partial charge in [0.25, 0.3) is 5.85 Å². The Morgan fingerprint density at radius 2 is 2.00 bits per heavy atom. The van der Waals surface area contributed by atoms with Crippen molar-refractivity contribution in [2.45, 2.75) is 0 Å². The Morgan fingerprint density at radius 3 is 2.00 bits per heavy atom. The quantitative estimate of drug-likeness (QED) is 0.623. The standard InChI is InChI=1S/CH3Cl3OP2/c2-6-1-7(3,4)5/h6H,1H2. The van der Waals surface area contributed by atoms with E-state index in [9.17, 15) is 4.57 Å². The summed E-state index contributed by atoms with van der Waals surface area (Å²) in [6.07, 6.45) is 0. The molecule has 0 fully saturated rings. The fraction of sp³-hybridized carbons (Fsp3) is 1.00. The summed E-state index contributed by atoms with van der Waals surface area (Å²) in [5.41, 5.74) is 0. The molecule has 0 heterocycles. The van der Waals surface area contributed by atoms with Crippen LogP contribution < -0.4 is 0 Å². The Hall–Kier alpha value is 1.53. The molecule has 0 aliphatic carbocycles. The molecule has 0 N–H and O–H groups in total. The van der Waals surface area contributed by atoms with Crippen LogP contribution in [0.2, 0.25) is 0 Å². The van der Waals surface area contributed by atoms with Crippen LogP contribution in [-0.4, -0.2) is 5.90 Å². The lowest BCUT2D eigenvalue weighted by molar-refractivity contribution is 0.595. The minimum Gasteiger partial charge on any atom is -0.289 e. The van der Waals surface area contributed by atoms with Gasteiger partial charge in [-0.3, -0.25) is 4.57 Å². The van der Waals surface area contributed by atoms with Crippen LogP contribution in [0.4, 0.5) is 0 Å². The monoisotopic (exact) mass is 198 g/mol. The van der Waals surface area contributed by atoms with Crippen LogP contribution >= 0.6 is 47.5 Å². The van der Waals surface area contributed by atoms with Crippen molar-refractivity contribution >= 4 is 47.5 Å². The highest BCUT2D eigenvalue weighted by atomic mass is 35.9. The van der Waals surface area contributed by atoms with Gasteiger partial charge in [-0.2, -0.15) is 0 Å². The Morgan fingerprint density at radius 1 is 1.57 bits per heavy atom. The molecule has 0 aliphatic heterocycles. The van der Waals surface area contributed by atoms with Crippen LogP contribution in [0.3, 0.4) is 0 Å². The smallest absolute Gasteiger partial charge is 0.258 e. The Kier molecular flexibility index (Phi) is 4.31. The van der Waals surface area contributed by atoms with E-state index in [0.29, 0.717) is 0 Å². The number of hydrogen-bond donors (Lipinski definition) is 0. The molecule has 0 spiro atoms. The van der Waals surface area contributed by atoms with E-state index in [1.54, 1.807) is 0 Å². The first-order valence-corrected chi connectivity index (χ1v) is 7.30. The summed E-state index contributed by atoms with van der Waals surface area (Å²) >= 11 is 15.3. The first-order valence-electron chi connectivity index (χ1n) is 1.38. The first-order chi connectivity index (χ1) is 3.06. The molecule has 0 radical (unpaired) electrons. The third-order valence-corrected chi connectivity index (χ3v) is 5.42. The normalized spacial score (nSPS) is 13.6. The van der Waals surface area contributed by atoms with Gasteiger partial charge in [0.1, 0.15) is 0 Å². The topological polar surface area (TPSA) is 17.1 Å². The van der Waals surface area contributed by atoms with Crippen LogP contribution in [0, 0.1) is 0 Å². The molecule has 0 rings (SSSR count). The zero-order valence-electron chi connectivity index (χ0n) is 3.20. The number of halogens is 3. The molecule has 0 aromatic carbocycles. The van der Waals surface area contributed by atoms with Gasteiger partial charge >= 0.3 is 0 Å². The Labute approximate surface area is 58.2 Å². The van der Waals surface area contributed by atoms with Gasteiger partial charge in [-0.05, 0) is 30.4 Å². The minimum absolute atomic E-state index is 0.0544. The molecular formula is CH3Cl3OP2. The van der Waals surface area contributed by atoms with Crippen LogP contribution in [0.1, 0.15) is 0 Å². The van der Waals surface area contributed by atoms with E-state index in [2.05, 4.69) is 0 Å². The lowest BCUT2D eigenvalue weighted by Crippen LogP contribution is -1.56. The van der Waals surface area contributed by atoms with Crippen LogP contribution in [0.15, 0.2) is 0 Å². The summed E-state index contributed by atoms with van der Waals surface area (Å²) in [6, 6.07) is 0. The van der Waals surface area contributed by atoms with Crippen molar-refractivity contribution < 1.29 is 4.57 Å². The Bertz CT molecular complexity index is 86.9. The third kappa shape index (κ3) is 7.53. The lowest BCUT2D eigenvalue weighted by atomic mass is 11.9. The molecule has 0 aliphatic rings. The minimum atomic E-state index is -2.84. The summed E-state index contributed by atoms with van der Waals surface area (Å²) in [7, 11) is 0.0544. The van der Waals surface area contributed by atoms with Gasteiger partial charge in [-0.25, -0.2) is 0 Å². The summed E-state index contributed by atoms with van der Waals surface area (Å²) in [4.78, 5) is 0. The van der Waals surface area contributed by atoms with Gasteiger partial charge in [-0.1, -0.05) is 11.2 Å². The number of hydrogen-bond acceptors (Lipinski definition) is 1. The van der Waals surface area contributed by atoms with Crippen LogP contribution in [-0.2, 0) is 4.57 Å². The molecule has 0 bridgehead atoms. The van der Waals surface area contributed by atoms with Crippen LogP contribution in [0.5, 0.6) is 0 Å². The van der Waals surface area contributed by atoms with Crippen molar-refractivity contribution in [1.82, 2.24) is 0 Å². The van der Waals surface area contributed by atoms with Crippen molar-refractivity contribution in [2.24, 2.45) is 0 Å². The predicted molar refractivity (Wildman–Crippen MR) is 38.3 cm³/mol. The van der Waals surface area contributed by atoms with Gasteiger partial charge in [0.2, 0.25) is 0 Å². The summed E-state index contributed by atoms with van der Waals surface area (Å²) in [6.45, 7) is 0. The van der Waals surface area contributed by atoms with E-state index < -0.39 is 5.85 Å². The van der Waals surface area contributed by atoms with E-state index in [-0.39, 0.29) is 13.8 Å². The molecule has 0 aromatic rings. The van der Waals surface area contributed by atoms with Crippen molar-refractivity contribution in [1.29, 1.82) is 0 Å². The number of rotatable bonds is 2. The maximum atomic E-state index is 10.3. The maximum absolute atomic E-state index is 10.3. The summed E-state index contributed by atoms with van der Waals surface area (Å²) < 4.78 is 10.3. The molecular weight excluding hydrogens is 196 g/mol. The van der Waals surface area contributed by atoms with E-state index >= 15 is 0 Å². The molecule has 0 saturated carbocycles. The van der Waals surface area contributed by atoms with Crippen molar-refractivity contribution in [3.8, 4) is 0 Å². The molecule has 7 heavy (non-hydrogen) atoms. The lowest BCUT2D eigenvalue weighted by Gasteiger charge is -1.92. The largest absolute Gasteiger partial charge is 0.289 e. The average molecular weight is 199 g/mol. The van der Waals surface area contributed by atoms with Gasteiger partial charge in [0, 0.05) is 0 Å². The highest BCUT2D eigenvalue weighted by molar-refractivity contribution is 8.12. The fourth-order valence-corrected chi connectivity index (χ4v) is 4.32. The molecule has 6 heteroatoms. The zero-order valence-corrected chi connectivity index (χ0v) is 7.36. The second kappa shape index (κ2) is 3.54. The highest BCUT2D eigenvalue weighted by Gasteiger charge is 2.10. The van der Waals surface area contributed by atoms with E-state index in [1.807, 2.05) is 0 Å². The Balaban J connectivity index is 3.36. The van der Waals surface area contributed by atoms with Gasteiger partial charge in [-0.15, -0.1) is 0 Å². The SMILES string of the molecule is O=P(Cl)(Cl)CPCl. The maximum Gasteiger partial charge on any atom is 0.258 e. The van der Waals surface area contributed by atoms with Gasteiger partial charge in [0.05, 0.1) is 5.90 Å². The third-order valence-electron chi connectivity index (χ3n) is 0.244. The van der Waals surface area contributed by atoms with Gasteiger partial charge in [0.15, 0.2) is 0 Å². The van der Waals surface area contributed by atoms with Crippen molar-refractivity contribution in [2.75, 3.05) is 5.90 Å². The molecule has 1 nitrogen and oxygen atoms in total. The average Bonchev–Trinajstić information content (AvgIpc) is 1.30. The van der Waals surface area contributed by atoms with E-state index in [1.165, 1.54) is 0 Å². The molecule has 0 amide bonds. The summed E-state index contributed by atoms with van der Waals surface area (Å²) in [5, 5.41) is 0. The fourth-order valence-electron chi connectivity index (χ4n) is 0.0696. The first kappa shape index (κ1) is 8.53. The second-order valence-electron chi connectivity index (χ2n) is 0.862. The predicted octanol–water partition coefficient (Wildman–Crippen LogP) is 3.45. The molecule has 1 atom stereocenters. The molecule has 0 saturated heterocycles. The van der Waals surface area contributed by atoms with Crippen molar-refractivity contribution in [3.63, 3.8) is 0 Å². The zero-order chi connectivity index (χ0) is 5.91. The molecule has 44 valence electrons. The van der Waals surface area contributed by atoms with E-state index in [4.69, 9.17) is 33.7 Å². The second-order valence-corrected chi connectivity index (χ2v) is 8.13. The summed E-state index contributed by atoms with van der Waals surface area (Å²) in [5.74, 6) is -2.62. The highest BCUT2D eigenvalue weighted by Crippen LogP contribution is 2.60. The van der Waals surface area contributed by atoms with Crippen LogP contribution in [0.25, 0.3) is 0 Å². The molecule has 1 unspecified atom stereocenters. The van der Waals surface area contributed by atoms with E-state index in [0.717, 1.165) is 0 Å². The molecule has 0 aromatic heterocycles.